The number of unbranched alkanes of at least 4 members (excludes halogenated alkanes) is 15. The Bertz CT molecular complexity index is 2270. The average molecular weight is 1210 g/mol. The van der Waals surface area contributed by atoms with Crippen molar-refractivity contribution in [1.29, 1.82) is 0 Å². The van der Waals surface area contributed by atoms with Crippen LogP contribution >= 0.6 is 0 Å². The average Bonchev–Trinajstić information content (AvgIpc) is 1.93. The predicted octanol–water partition coefficient (Wildman–Crippen LogP) is 9.14. The van der Waals surface area contributed by atoms with E-state index in [0.717, 1.165) is 60.8 Å². The molecule has 484 valence electrons. The summed E-state index contributed by atoms with van der Waals surface area (Å²) in [5, 5.41) is 23.1. The van der Waals surface area contributed by atoms with E-state index in [0.29, 0.717) is 32.2 Å². The first kappa shape index (κ1) is 74.1. The van der Waals surface area contributed by atoms with Crippen molar-refractivity contribution in [3.63, 3.8) is 0 Å². The van der Waals surface area contributed by atoms with Gasteiger partial charge in [-0.25, -0.2) is 14.4 Å². The summed E-state index contributed by atoms with van der Waals surface area (Å²) in [4.78, 5) is 99.1. The van der Waals surface area contributed by atoms with Gasteiger partial charge in [0.1, 0.15) is 43.1 Å². The summed E-state index contributed by atoms with van der Waals surface area (Å²) in [6.45, 7) is 12.5. The molecule has 0 unspecified atom stereocenters. The normalized spacial score (nSPS) is 12.7. The summed E-state index contributed by atoms with van der Waals surface area (Å²) in [5.74, 6) is -3.23. The van der Waals surface area contributed by atoms with Crippen LogP contribution in [0.3, 0.4) is 0 Å². The van der Waals surface area contributed by atoms with Crippen LogP contribution in [0.5, 0.6) is 0 Å². The quantitative estimate of drug-likeness (QED) is 0.0205. The number of carboxylic acids is 1. The zero-order valence-electron chi connectivity index (χ0n) is 52.5. The van der Waals surface area contributed by atoms with E-state index in [-0.39, 0.29) is 127 Å². The monoisotopic (exact) mass is 1210 g/mol. The van der Waals surface area contributed by atoms with Gasteiger partial charge in [-0.3, -0.25) is 24.0 Å². The minimum Gasteiger partial charge on any atom is -0.480 e. The molecule has 2 atom stereocenters. The molecule has 0 bridgehead atoms. The van der Waals surface area contributed by atoms with Gasteiger partial charge >= 0.3 is 24.0 Å². The maximum atomic E-state index is 13.0. The number of ether oxygens (including phenoxy) is 7. The maximum absolute atomic E-state index is 13.0. The van der Waals surface area contributed by atoms with E-state index < -0.39 is 41.3 Å². The number of amides is 5. The molecule has 86 heavy (non-hydrogen) atoms. The van der Waals surface area contributed by atoms with E-state index in [9.17, 15) is 43.5 Å². The van der Waals surface area contributed by atoms with Crippen LogP contribution in [0.15, 0.2) is 48.5 Å². The molecule has 6 N–H and O–H groups in total. The summed E-state index contributed by atoms with van der Waals surface area (Å²) < 4.78 is 38.1. The van der Waals surface area contributed by atoms with Gasteiger partial charge in [0.2, 0.25) is 23.6 Å². The number of fused-ring (bicyclic) bond motifs is 3. The van der Waals surface area contributed by atoms with Crippen LogP contribution in [0.25, 0.3) is 11.1 Å². The molecule has 0 aromatic heterocycles. The lowest BCUT2D eigenvalue weighted by molar-refractivity contribution is -0.159. The molecular formula is C65H103N5O16. The van der Waals surface area contributed by atoms with Crippen LogP contribution in [-0.4, -0.2) is 155 Å². The second-order valence-electron chi connectivity index (χ2n) is 23.8. The SMILES string of the molecule is CC(C)(C)OC(=O)CCCCCCCCCCCCCCCCCC(=O)N[C@H](CCC(=O)NCCOCCOCC(=O)NCCOCCOCC(=O)NCCCC[C@H](NC(=O)OCC1c2ccccc2-c2ccccc21)C(=O)O)C(=O)OC(C)(C)C. The first-order valence-corrected chi connectivity index (χ1v) is 31.4. The fraction of sp³-hybridized carbons (Fsp3) is 0.692. The lowest BCUT2D eigenvalue weighted by Gasteiger charge is -2.24. The lowest BCUT2D eigenvalue weighted by Crippen LogP contribution is -2.44. The van der Waals surface area contributed by atoms with Crippen LogP contribution in [0, 0.1) is 0 Å². The number of hydrogen-bond acceptors (Lipinski definition) is 15. The van der Waals surface area contributed by atoms with Crippen LogP contribution in [0.4, 0.5) is 4.79 Å². The first-order valence-electron chi connectivity index (χ1n) is 31.4. The van der Waals surface area contributed by atoms with Gasteiger partial charge < -0.3 is 64.8 Å². The van der Waals surface area contributed by atoms with Crippen molar-refractivity contribution in [2.24, 2.45) is 0 Å². The van der Waals surface area contributed by atoms with E-state index in [1.807, 2.05) is 69.3 Å². The number of carboxylic acid groups (broad SMARTS) is 1. The molecule has 3 rings (SSSR count). The van der Waals surface area contributed by atoms with Crippen molar-refractivity contribution in [2.75, 3.05) is 79.1 Å². The second-order valence-corrected chi connectivity index (χ2v) is 23.8. The van der Waals surface area contributed by atoms with Gasteiger partial charge in [0.05, 0.1) is 39.6 Å². The summed E-state index contributed by atoms with van der Waals surface area (Å²) >= 11 is 0. The van der Waals surface area contributed by atoms with E-state index in [1.54, 1.807) is 20.8 Å². The molecule has 0 radical (unpaired) electrons. The Balaban J connectivity index is 1.09. The van der Waals surface area contributed by atoms with E-state index >= 15 is 0 Å². The number of hydrogen-bond donors (Lipinski definition) is 6. The molecule has 0 fully saturated rings. The molecule has 21 heteroatoms. The summed E-state index contributed by atoms with van der Waals surface area (Å²) in [6, 6.07) is 13.8. The number of alkyl carbamates (subject to hydrolysis) is 1. The number of esters is 2. The Kier molecular flexibility index (Phi) is 37.4. The molecule has 2 aromatic rings. The smallest absolute Gasteiger partial charge is 0.407 e. The van der Waals surface area contributed by atoms with Crippen LogP contribution in [-0.2, 0) is 66.7 Å². The van der Waals surface area contributed by atoms with Crippen LogP contribution in [0.2, 0.25) is 0 Å². The Morgan fingerprint density at radius 1 is 0.453 bits per heavy atom. The molecule has 5 amide bonds. The third kappa shape index (κ3) is 35.5. The van der Waals surface area contributed by atoms with Gasteiger partial charge in [-0.15, -0.1) is 0 Å². The highest BCUT2D eigenvalue weighted by molar-refractivity contribution is 5.86. The van der Waals surface area contributed by atoms with Gasteiger partial charge in [0.15, 0.2) is 0 Å². The summed E-state index contributed by atoms with van der Waals surface area (Å²) in [7, 11) is 0. The highest BCUT2D eigenvalue weighted by Gasteiger charge is 2.31. The summed E-state index contributed by atoms with van der Waals surface area (Å²) in [5.41, 5.74) is 3.12. The fourth-order valence-corrected chi connectivity index (χ4v) is 9.64. The van der Waals surface area contributed by atoms with Crippen molar-refractivity contribution in [1.82, 2.24) is 26.6 Å². The molecule has 0 spiro atoms. The molecule has 0 saturated heterocycles. The number of aliphatic carboxylic acids is 1. The van der Waals surface area contributed by atoms with E-state index in [4.69, 9.17) is 33.2 Å². The zero-order valence-corrected chi connectivity index (χ0v) is 52.5. The van der Waals surface area contributed by atoms with Gasteiger partial charge in [-0.2, -0.15) is 0 Å². The molecule has 0 heterocycles. The lowest BCUT2D eigenvalue weighted by atomic mass is 9.98. The number of benzene rings is 2. The highest BCUT2D eigenvalue weighted by atomic mass is 16.6. The molecule has 0 aliphatic heterocycles. The van der Waals surface area contributed by atoms with E-state index in [2.05, 4.69) is 26.6 Å². The molecule has 2 aromatic carbocycles. The summed E-state index contributed by atoms with van der Waals surface area (Å²) in [6.07, 6.45) is 18.1. The first-order chi connectivity index (χ1) is 41.2. The third-order valence-electron chi connectivity index (χ3n) is 13.9. The van der Waals surface area contributed by atoms with Gasteiger partial charge in [-0.1, -0.05) is 132 Å². The van der Waals surface area contributed by atoms with Gasteiger partial charge in [0.25, 0.3) is 0 Å². The molecule has 1 aliphatic rings. The number of carbonyl (C=O) groups is 8. The number of carbonyl (C=O) groups excluding carboxylic acids is 7. The Hall–Kier alpha value is -6.16. The molecular weight excluding hydrogens is 1110 g/mol. The van der Waals surface area contributed by atoms with Crippen LogP contribution < -0.4 is 26.6 Å². The van der Waals surface area contributed by atoms with Crippen LogP contribution in [0.1, 0.15) is 200 Å². The largest absolute Gasteiger partial charge is 0.480 e. The Morgan fingerprint density at radius 2 is 0.907 bits per heavy atom. The number of nitrogens with one attached hydrogen (secondary N) is 5. The Labute approximate surface area is 510 Å². The van der Waals surface area contributed by atoms with E-state index in [1.165, 1.54) is 57.8 Å². The molecule has 1 aliphatic carbocycles. The highest BCUT2D eigenvalue weighted by Crippen LogP contribution is 2.44. The fourth-order valence-electron chi connectivity index (χ4n) is 9.64. The maximum Gasteiger partial charge on any atom is 0.407 e. The van der Waals surface area contributed by atoms with Crippen molar-refractivity contribution in [3.8, 4) is 11.1 Å². The number of rotatable bonds is 48. The van der Waals surface area contributed by atoms with Crippen molar-refractivity contribution in [2.45, 2.75) is 212 Å². The van der Waals surface area contributed by atoms with Crippen molar-refractivity contribution in [3.05, 3.63) is 59.7 Å². The van der Waals surface area contributed by atoms with Crippen molar-refractivity contribution < 1.29 is 76.6 Å². The van der Waals surface area contributed by atoms with Gasteiger partial charge in [0, 0.05) is 44.8 Å². The third-order valence-corrected chi connectivity index (χ3v) is 13.9. The zero-order chi connectivity index (χ0) is 62.8. The van der Waals surface area contributed by atoms with Crippen molar-refractivity contribution >= 4 is 47.6 Å². The van der Waals surface area contributed by atoms with Gasteiger partial charge in [-0.05, 0) is 102 Å². The topological polar surface area (TPSA) is 282 Å². The Morgan fingerprint density at radius 3 is 1.41 bits per heavy atom. The standard InChI is InChI=1S/C65H103N5O16/c1-64(2,3)85-60(75)34-21-19-17-15-13-11-9-7-8-10-12-14-16-18-20-33-57(72)69-55(62(78)86-65(4,5)6)35-36-56(71)67-38-40-80-42-45-83-48-59(74)68-39-41-81-43-44-82-47-58(73)66-37-27-26-32-54(61(76)77)70-63(79)84-46-53-51-30-24-22-28-49(51)50-29-23-25-31-52(50)53/h22-25,28-31,53-55H,7-21,26-27,32-48H2,1-6H3,(H,66,73)(H,67,71)(H,68,74)(H,69,72)(H,70,79)(H,76,77)/t54-,55+/m0/s1. The minimum absolute atomic E-state index is 0.000697. The molecule has 0 saturated carbocycles. The molecule has 21 nitrogen and oxygen atoms in total. The minimum atomic E-state index is -1.18. The predicted molar refractivity (Wildman–Crippen MR) is 327 cm³/mol. The second kappa shape index (κ2) is 43.5.